The number of carboxylic acid groups (broad SMARTS) is 1. The van der Waals surface area contributed by atoms with Crippen molar-refractivity contribution in [2.24, 2.45) is 0 Å². The van der Waals surface area contributed by atoms with Crippen molar-refractivity contribution in [3.8, 4) is 0 Å². The lowest BCUT2D eigenvalue weighted by Crippen LogP contribution is -2.30. The highest BCUT2D eigenvalue weighted by Crippen LogP contribution is 2.36. The van der Waals surface area contributed by atoms with Crippen molar-refractivity contribution in [2.45, 2.75) is 0 Å². The predicted octanol–water partition coefficient (Wildman–Crippen LogP) is -0.302. The first-order valence-corrected chi connectivity index (χ1v) is 6.65. The van der Waals surface area contributed by atoms with Gasteiger partial charge in [0.05, 0.1) is 0 Å². The Morgan fingerprint density at radius 2 is 2.00 bits per heavy atom. The summed E-state index contributed by atoms with van der Waals surface area (Å²) in [6.07, 6.45) is -1.45. The second-order valence-electron chi connectivity index (χ2n) is 2.58. The third-order valence-corrected chi connectivity index (χ3v) is 2.73. The Labute approximate surface area is 85.2 Å². The number of nitrogens with zero attached hydrogens (tertiary/aromatic N) is 1. The molecule has 0 aliphatic carbocycles. The molecule has 0 radical (unpaired) electrons. The largest absolute Gasteiger partial charge is 0.555 e. The van der Waals surface area contributed by atoms with Gasteiger partial charge >= 0.3 is 21.6 Å². The molecule has 1 unspecified atom stereocenters. The van der Waals surface area contributed by atoms with Crippen molar-refractivity contribution >= 4 is 21.6 Å². The van der Waals surface area contributed by atoms with E-state index in [1.165, 1.54) is 0 Å². The molecule has 88 valence electrons. The average Bonchev–Trinajstić information content (AvgIpc) is 1.99. The van der Waals surface area contributed by atoms with Crippen LogP contribution in [0.25, 0.3) is 0 Å². The molecule has 4 N–H and O–H groups in total. The Hall–Kier alpha value is -0.400. The van der Waals surface area contributed by atoms with Crippen LogP contribution < -0.4 is 0 Å². The Morgan fingerprint density at radius 1 is 1.47 bits per heavy atom. The van der Waals surface area contributed by atoms with E-state index in [0.29, 0.717) is 4.90 Å². The van der Waals surface area contributed by atoms with E-state index in [9.17, 15) is 13.9 Å². The van der Waals surface area contributed by atoms with E-state index >= 15 is 0 Å². The average molecular weight is 262 g/mol. The van der Waals surface area contributed by atoms with Crippen molar-refractivity contribution in [1.82, 2.24) is 4.90 Å². The van der Waals surface area contributed by atoms with E-state index in [1.54, 1.807) is 0 Å². The molecule has 0 aromatic rings. The molecule has 15 heavy (non-hydrogen) atoms. The maximum atomic E-state index is 10.7. The van der Waals surface area contributed by atoms with Crippen molar-refractivity contribution in [2.75, 3.05) is 19.1 Å². The fraction of sp³-hybridized carbons (Fsp3) is 0.750. The zero-order valence-electron chi connectivity index (χ0n) is 7.38. The van der Waals surface area contributed by atoms with Crippen LogP contribution in [0.4, 0.5) is 0 Å². The predicted molar refractivity (Wildman–Crippen MR) is 47.4 cm³/mol. The highest BCUT2D eigenvalue weighted by Gasteiger charge is 2.29. The number of carbonyl (C=O) groups is 1. The molecule has 0 aliphatic rings. The van der Waals surface area contributed by atoms with Crippen LogP contribution in [0.2, 0.25) is 0 Å². The number of aliphatic carboxylic acids is 1. The van der Waals surface area contributed by atoms with E-state index in [0.717, 1.165) is 0 Å². The van der Waals surface area contributed by atoms with Crippen LogP contribution in [0.3, 0.4) is 0 Å². The minimum Gasteiger partial charge on any atom is -0.480 e. The summed E-state index contributed by atoms with van der Waals surface area (Å²) in [5.41, 5.74) is 0. The van der Waals surface area contributed by atoms with Crippen LogP contribution in [0.5, 0.6) is 0 Å². The summed E-state index contributed by atoms with van der Waals surface area (Å²) < 4.78 is 24.6. The van der Waals surface area contributed by atoms with Gasteiger partial charge in [-0.1, -0.05) is 0 Å². The van der Waals surface area contributed by atoms with Gasteiger partial charge in [0.15, 0.2) is 0 Å². The van der Waals surface area contributed by atoms with Gasteiger partial charge in [0, 0.05) is 4.67 Å². The van der Waals surface area contributed by atoms with Gasteiger partial charge in [-0.3, -0.25) is 9.36 Å². The van der Waals surface area contributed by atoms with Crippen LogP contribution in [0.15, 0.2) is 0 Å². The maximum absolute atomic E-state index is 10.7. The first kappa shape index (κ1) is 14.6. The molecule has 0 aliphatic heterocycles. The van der Waals surface area contributed by atoms with Crippen LogP contribution >= 0.6 is 15.6 Å². The molecule has 0 saturated heterocycles. The van der Waals surface area contributed by atoms with Gasteiger partial charge in [-0.15, -0.1) is 0 Å². The summed E-state index contributed by atoms with van der Waals surface area (Å²) in [5, 5.41) is 16.3. The molecule has 0 aromatic heterocycles. The third-order valence-electron chi connectivity index (χ3n) is 1.15. The lowest BCUT2D eigenvalue weighted by Gasteiger charge is -2.14. The Balaban J connectivity index is 4.38. The molecule has 0 rings (SSSR count). The monoisotopic (exact) mass is 262 g/mol. The van der Waals surface area contributed by atoms with Crippen molar-refractivity contribution in [1.29, 1.82) is 0 Å². The molecule has 0 spiro atoms. The van der Waals surface area contributed by atoms with Gasteiger partial charge in [-0.25, -0.2) is 10.2 Å². The van der Waals surface area contributed by atoms with Crippen LogP contribution in [0.1, 0.15) is 0 Å². The van der Waals surface area contributed by atoms with E-state index in [1.807, 2.05) is 0 Å². The minimum atomic E-state index is -4.45. The van der Waals surface area contributed by atoms with Crippen LogP contribution in [-0.2, 0) is 18.6 Å². The first-order valence-electron chi connectivity index (χ1n) is 3.49. The summed E-state index contributed by atoms with van der Waals surface area (Å²) in [5.74, 6) is -1.34. The summed E-state index contributed by atoms with van der Waals surface area (Å²) in [6.45, 7) is -0.713. The van der Waals surface area contributed by atoms with Gasteiger partial charge in [0.1, 0.15) is 12.8 Å². The normalized spacial score (nSPS) is 12.9. The molecule has 11 heteroatoms. The van der Waals surface area contributed by atoms with Gasteiger partial charge in [0.25, 0.3) is 0 Å². The molecule has 1 atom stereocenters. The summed E-state index contributed by atoms with van der Waals surface area (Å²) in [6, 6.07) is 0. The standard InChI is InChI=1S/C4H9NO8P2/c6-4(7)1-5(2-14(9)13-8)3-15(10,11)12/h1-3H2,(H3-,6,7,8,10,11,12)/p+1. The van der Waals surface area contributed by atoms with Gasteiger partial charge in [0.2, 0.25) is 6.29 Å². The molecular formula is C4H10NO8P2+. The smallest absolute Gasteiger partial charge is 0.480 e. The maximum Gasteiger partial charge on any atom is 0.555 e. The van der Waals surface area contributed by atoms with Crippen molar-refractivity contribution in [3.05, 3.63) is 0 Å². The zero-order chi connectivity index (χ0) is 12.1. The fourth-order valence-electron chi connectivity index (χ4n) is 0.786. The van der Waals surface area contributed by atoms with E-state index in [-0.39, 0.29) is 0 Å². The third kappa shape index (κ3) is 8.59. The Kier molecular flexibility index (Phi) is 6.07. The summed E-state index contributed by atoms with van der Waals surface area (Å²) in [7, 11) is -7.02. The first-order chi connectivity index (χ1) is 6.74. The minimum absolute atomic E-state index is 0.580. The highest BCUT2D eigenvalue weighted by atomic mass is 31.2. The SMILES string of the molecule is O=C(O)CN(C[P+](=O)OO)CP(=O)(O)O. The number of carboxylic acids is 1. The lowest BCUT2D eigenvalue weighted by molar-refractivity contribution is -0.138. The zero-order valence-corrected chi connectivity index (χ0v) is 9.17. The van der Waals surface area contributed by atoms with Gasteiger partial charge < -0.3 is 14.9 Å². The van der Waals surface area contributed by atoms with E-state index in [4.69, 9.17) is 20.2 Å². The highest BCUT2D eigenvalue weighted by molar-refractivity contribution is 7.51. The molecular weight excluding hydrogens is 252 g/mol. The second-order valence-corrected chi connectivity index (χ2v) is 5.31. The Morgan fingerprint density at radius 3 is 2.33 bits per heavy atom. The lowest BCUT2D eigenvalue weighted by atomic mass is 10.6. The summed E-state index contributed by atoms with van der Waals surface area (Å²) in [4.78, 5) is 28.1. The molecule has 0 aromatic carbocycles. The quantitative estimate of drug-likeness (QED) is 0.276. The molecule has 0 saturated carbocycles. The van der Waals surface area contributed by atoms with E-state index < -0.39 is 40.7 Å². The molecule has 0 bridgehead atoms. The molecule has 0 amide bonds. The van der Waals surface area contributed by atoms with Gasteiger partial charge in [-0.05, 0) is 4.57 Å². The van der Waals surface area contributed by atoms with E-state index in [2.05, 4.69) is 4.67 Å². The number of hydrogen-bond donors (Lipinski definition) is 4. The number of hydrogen-bond acceptors (Lipinski definition) is 6. The van der Waals surface area contributed by atoms with Crippen molar-refractivity contribution in [3.63, 3.8) is 0 Å². The molecule has 0 heterocycles. The summed E-state index contributed by atoms with van der Waals surface area (Å²) >= 11 is 0. The van der Waals surface area contributed by atoms with Crippen LogP contribution in [0, 0.1) is 0 Å². The number of rotatable bonds is 7. The second kappa shape index (κ2) is 6.24. The fourth-order valence-corrected chi connectivity index (χ4v) is 2.24. The van der Waals surface area contributed by atoms with Gasteiger partial charge in [-0.2, -0.15) is 0 Å². The molecule has 0 fully saturated rings. The van der Waals surface area contributed by atoms with Crippen LogP contribution in [-0.4, -0.2) is 50.1 Å². The topological polar surface area (TPSA) is 145 Å². The Bertz CT molecular complexity index is 286. The molecule has 9 nitrogen and oxygen atoms in total. The van der Waals surface area contributed by atoms with Crippen molar-refractivity contribution < 1.29 is 38.7 Å².